The molecular formula is C93H138N10O24S. The fourth-order valence-corrected chi connectivity index (χ4v) is 17.1. The molecule has 1 aromatic heterocycles. The number of benzene rings is 2. The number of carbonyl (C=O) groups excluding carboxylic acids is 7. The fraction of sp³-hybridized carbons (Fsp3) is 0.656. The number of nitrogens with zero attached hydrogens (tertiary/aromatic N) is 6. The van der Waals surface area contributed by atoms with E-state index in [0.717, 1.165) is 43.4 Å². The maximum Gasteiger partial charge on any atom is 0.407 e. The van der Waals surface area contributed by atoms with Gasteiger partial charge in [0, 0.05) is 116 Å². The van der Waals surface area contributed by atoms with Crippen LogP contribution in [0.25, 0.3) is 21.6 Å². The Bertz CT molecular complexity index is 4140. The van der Waals surface area contributed by atoms with Crippen LogP contribution in [0.2, 0.25) is 0 Å². The van der Waals surface area contributed by atoms with Crippen LogP contribution in [0.5, 0.6) is 5.75 Å². The average Bonchev–Trinajstić information content (AvgIpc) is 1.70. The van der Waals surface area contributed by atoms with Gasteiger partial charge in [0.05, 0.1) is 131 Å². The number of methoxy groups -OCH3 is 2. The normalized spacial score (nSPS) is 26.5. The number of thioether (sulfide) groups is 1. The number of aliphatic hydroxyl groups excluding tert-OH is 2. The second-order valence-electron chi connectivity index (χ2n) is 33.5. The molecule has 710 valence electrons. The number of allylic oxidation sites excluding steroid dienone is 5. The Labute approximate surface area is 756 Å². The first kappa shape index (κ1) is 105. The number of Topliss-reactive ketones (excluding diaryl/α,β-unsaturated/α-hetero) is 2. The molecule has 2 saturated heterocycles. The molecule has 3 aromatic rings. The first-order valence-electron chi connectivity index (χ1n) is 45.0. The lowest BCUT2D eigenvalue weighted by molar-refractivity contribution is -0.265. The number of pyridine rings is 1. The van der Waals surface area contributed by atoms with Crippen molar-refractivity contribution in [3.05, 3.63) is 129 Å². The number of nitrogens with one attached hydrogen (secondary N) is 2. The number of fused-ring (bicyclic) bond motifs is 4. The van der Waals surface area contributed by atoms with Crippen molar-refractivity contribution in [3.8, 4) is 16.9 Å². The number of aryl methyl sites for hydroxylation is 1. The maximum atomic E-state index is 14.8. The van der Waals surface area contributed by atoms with E-state index < -0.39 is 114 Å². The molecule has 1 unspecified atom stereocenters. The number of hydrogen-bond donors (Lipinski definition) is 7. The Balaban J connectivity index is 0.646. The van der Waals surface area contributed by atoms with E-state index in [1.807, 2.05) is 98.5 Å². The van der Waals surface area contributed by atoms with Crippen LogP contribution in [0.3, 0.4) is 0 Å². The standard InChI is InChI=1S/C93H138N10O24S/c1-61-15-11-10-12-16-62(2)80(114-8)57-72-22-18-67(7)93(113,127-72)88(108)90(110)103-31-14-13-17-77(103)91(111)125-81(58-76(100-101-96)64(4)52-66(6)86(106)87(107)85(105)65(5)51-61)75(94)54-68-19-25-79(82(55-68)115-9)126-92(112)98-29-34-117-37-39-119-41-43-121-45-47-123-49-48-122-46-44-120-42-40-118-38-36-116-33-28-84(104)97-30-50-128-73-23-24-74(63(3)53-73)89(109)102-32-35-124-78-26-20-69(56-71(78)60-102)70-21-27-83(95)99-59-70/h10-12,15-16,20-21,23-24,26-27,52-53,56,59,61,64-65,67-68,72,75-77,79-82,86-87,106-107,113H,13-14,17-19,22,25,28-51,54-55,57-58,60,94H2,1-9H3,(H2,95,99)(H,97,104)(H,98,112)/b12-10?,15-11+,62-16?,66-52+/t61-,64-,65-,67-,68+,72+,75-,76?,77+,79-,80+,81+,82-,86-,87+,93-/m1/s1. The minimum Gasteiger partial charge on any atom is -0.491 e. The molecule has 16 atom stereocenters. The number of nitrogen functional groups attached to an aromatic ring is 1. The number of azide groups is 1. The number of esters is 1. The number of nitrogens with two attached hydrogens (primary N) is 2. The summed E-state index contributed by atoms with van der Waals surface area (Å²) in [6.07, 6.45) is 9.28. The summed E-state index contributed by atoms with van der Waals surface area (Å²) in [5.74, 6) is -6.86. The molecule has 1 aliphatic carbocycles. The smallest absolute Gasteiger partial charge is 0.407 e. The van der Waals surface area contributed by atoms with Crippen LogP contribution >= 0.6 is 11.8 Å². The number of hydrogen-bond acceptors (Lipinski definition) is 29. The minimum atomic E-state index is -2.51. The van der Waals surface area contributed by atoms with E-state index in [1.54, 1.807) is 64.9 Å². The Hall–Kier alpha value is -8.30. The highest BCUT2D eigenvalue weighted by Crippen LogP contribution is 2.39. The number of piperidine rings is 1. The predicted molar refractivity (Wildman–Crippen MR) is 480 cm³/mol. The van der Waals surface area contributed by atoms with E-state index in [0.29, 0.717) is 181 Å². The Kier molecular flexibility index (Phi) is 46.3. The minimum absolute atomic E-state index is 0.000199. The molecule has 1 saturated carbocycles. The van der Waals surface area contributed by atoms with E-state index in [9.17, 15) is 54.4 Å². The molecule has 34 nitrogen and oxygen atoms in total. The molecule has 5 aliphatic rings. The summed E-state index contributed by atoms with van der Waals surface area (Å²) in [5.41, 5.74) is 28.3. The Morgan fingerprint density at radius 2 is 1.38 bits per heavy atom. The van der Waals surface area contributed by atoms with E-state index in [4.69, 9.17) is 77.8 Å². The third-order valence-corrected chi connectivity index (χ3v) is 24.8. The van der Waals surface area contributed by atoms with Gasteiger partial charge in [-0.05, 0) is 179 Å². The molecule has 8 rings (SSSR count). The van der Waals surface area contributed by atoms with E-state index >= 15 is 0 Å². The van der Waals surface area contributed by atoms with Gasteiger partial charge in [0.25, 0.3) is 17.6 Å². The first-order valence-corrected chi connectivity index (χ1v) is 45.9. The number of rotatable bonds is 40. The quantitative estimate of drug-likeness (QED) is 0.00407. The van der Waals surface area contributed by atoms with Gasteiger partial charge in [-0.15, -0.1) is 11.8 Å². The van der Waals surface area contributed by atoms with E-state index in [1.165, 1.54) is 7.11 Å². The van der Waals surface area contributed by atoms with Gasteiger partial charge in [0.15, 0.2) is 5.78 Å². The number of aromatic nitrogens is 1. The lowest BCUT2D eigenvalue weighted by Gasteiger charge is -2.43. The lowest BCUT2D eigenvalue weighted by Crippen LogP contribution is -2.61. The summed E-state index contributed by atoms with van der Waals surface area (Å²) >= 11 is 1.61. The van der Waals surface area contributed by atoms with Crippen LogP contribution < -0.4 is 26.8 Å². The highest BCUT2D eigenvalue weighted by molar-refractivity contribution is 7.99. The lowest BCUT2D eigenvalue weighted by atomic mass is 9.80. The highest BCUT2D eigenvalue weighted by atomic mass is 32.2. The first-order chi connectivity index (χ1) is 61.7. The number of ether oxygens (including phenoxy) is 14. The average molecular weight is 1810 g/mol. The molecule has 128 heavy (non-hydrogen) atoms. The fourth-order valence-electron chi connectivity index (χ4n) is 16.3. The third kappa shape index (κ3) is 34.5. The predicted octanol–water partition coefficient (Wildman–Crippen LogP) is 9.48. The summed E-state index contributed by atoms with van der Waals surface area (Å²) in [6.45, 7) is 19.9. The molecular weight excluding hydrogens is 1670 g/mol. The number of anilines is 1. The number of aliphatic hydroxyl groups is 3. The van der Waals surface area contributed by atoms with Crippen molar-refractivity contribution in [2.45, 2.75) is 210 Å². The van der Waals surface area contributed by atoms with Crippen LogP contribution in [0.4, 0.5) is 10.6 Å². The van der Waals surface area contributed by atoms with Crippen molar-refractivity contribution in [1.82, 2.24) is 25.4 Å². The summed E-state index contributed by atoms with van der Waals surface area (Å²) in [4.78, 5) is 108. The van der Waals surface area contributed by atoms with Crippen molar-refractivity contribution < 1.29 is 115 Å². The van der Waals surface area contributed by atoms with Gasteiger partial charge in [-0.3, -0.25) is 24.0 Å². The molecule has 0 radical (unpaired) electrons. The summed E-state index contributed by atoms with van der Waals surface area (Å²) in [5, 5.41) is 44.6. The molecule has 4 amide bonds. The third-order valence-electron chi connectivity index (χ3n) is 23.8. The van der Waals surface area contributed by atoms with E-state index in [2.05, 4.69) is 25.6 Å². The van der Waals surface area contributed by atoms with Gasteiger partial charge in [-0.2, -0.15) is 0 Å². The number of alkyl carbamates (subject to hydrolysis) is 1. The molecule has 9 N–H and O–H groups in total. The maximum absolute atomic E-state index is 14.8. The second-order valence-corrected chi connectivity index (χ2v) is 34.6. The number of cyclic esters (lactones) is 1. The topological polar surface area (TPSA) is 454 Å². The summed E-state index contributed by atoms with van der Waals surface area (Å²) < 4.78 is 81.0. The molecule has 2 aromatic carbocycles. The van der Waals surface area contributed by atoms with Crippen LogP contribution in [0.15, 0.2) is 112 Å². The van der Waals surface area contributed by atoms with Gasteiger partial charge in [0.1, 0.15) is 48.6 Å². The van der Waals surface area contributed by atoms with Crippen molar-refractivity contribution in [3.63, 3.8) is 0 Å². The zero-order valence-corrected chi connectivity index (χ0v) is 76.8. The van der Waals surface area contributed by atoms with Crippen molar-refractivity contribution >= 4 is 58.9 Å². The largest absolute Gasteiger partial charge is 0.491 e. The molecule has 5 heterocycles. The van der Waals surface area contributed by atoms with E-state index in [-0.39, 0.29) is 94.2 Å². The second kappa shape index (κ2) is 56.4. The van der Waals surface area contributed by atoms with Gasteiger partial charge in [0.2, 0.25) is 11.7 Å². The van der Waals surface area contributed by atoms with Crippen molar-refractivity contribution in [2.24, 2.45) is 40.4 Å². The monoisotopic (exact) mass is 1810 g/mol. The number of carbonyl (C=O) groups is 7. The SMILES string of the molecule is CO[C@H]1C[C@@H]2CC[C@@H](C)[C@@](O)(O2)C(=O)C(=O)N2CCCC[C@H]2C(=O)O[C@H]([C@H](N)C[C@@H]2CC[C@@H](OC(=O)NCCOCCOCCOCCOCCOCCOCCOCCOCCC(=O)NCCSc3ccc(C(=O)N4CCOc5ccc(-c6ccc(N)nc6)cc5C4)c(C)c3)[C@H](OC)C2)CC(N=[N+]=[N-])[C@H](C)/C=C(\C)[C@@H](O)[C@@H](O)C(=O)[C@H](C)C[C@H](C)/C=C/C=CC=C1C. The number of amides is 4. The molecule has 35 heteroatoms. The van der Waals surface area contributed by atoms with Gasteiger partial charge >= 0.3 is 12.1 Å². The van der Waals surface area contributed by atoms with Gasteiger partial charge in [-0.25, -0.2) is 14.6 Å². The summed E-state index contributed by atoms with van der Waals surface area (Å²) in [7, 11) is 3.07. The molecule has 0 spiro atoms. The van der Waals surface area contributed by atoms with Gasteiger partial charge < -0.3 is 114 Å². The van der Waals surface area contributed by atoms with Gasteiger partial charge in [-0.1, -0.05) is 75.3 Å². The molecule has 2 bridgehead atoms. The Morgan fingerprint density at radius 3 is 2.02 bits per heavy atom. The highest BCUT2D eigenvalue weighted by Gasteiger charge is 2.53. The van der Waals surface area contributed by atoms with Crippen molar-refractivity contribution in [2.75, 3.05) is 164 Å². The van der Waals surface area contributed by atoms with Crippen LogP contribution in [-0.4, -0.2) is 297 Å². The zero-order chi connectivity index (χ0) is 92.3. The number of ketones is 2. The van der Waals surface area contributed by atoms with Crippen molar-refractivity contribution in [1.29, 1.82) is 0 Å². The molecule has 4 aliphatic heterocycles. The van der Waals surface area contributed by atoms with Crippen LogP contribution in [-0.2, 0) is 92.1 Å². The Morgan fingerprint density at radius 1 is 0.711 bits per heavy atom. The summed E-state index contributed by atoms with van der Waals surface area (Å²) in [6, 6.07) is 12.3. The zero-order valence-electron chi connectivity index (χ0n) is 75.9. The van der Waals surface area contributed by atoms with Crippen LogP contribution in [0, 0.1) is 36.5 Å². The molecule has 3 fully saturated rings. The van der Waals surface area contributed by atoms with Crippen LogP contribution in [0.1, 0.15) is 146 Å².